The van der Waals surface area contributed by atoms with Crippen LogP contribution in [0.1, 0.15) is 21.7 Å². The van der Waals surface area contributed by atoms with E-state index in [9.17, 15) is 4.79 Å². The molecule has 0 unspecified atom stereocenters. The van der Waals surface area contributed by atoms with E-state index in [1.54, 1.807) is 24.3 Å². The molecule has 0 aliphatic rings. The molecule has 12 heteroatoms. The highest BCUT2D eigenvalue weighted by Gasteiger charge is 2.24. The van der Waals surface area contributed by atoms with Crippen molar-refractivity contribution in [2.24, 2.45) is 5.10 Å². The molecular weight excluding hydrogens is 374 g/mol. The van der Waals surface area contributed by atoms with E-state index in [4.69, 9.17) is 17.3 Å². The number of hydrogen-bond acceptors (Lipinski definition) is 9. The summed E-state index contributed by atoms with van der Waals surface area (Å²) in [5, 5.41) is 19.6. The van der Waals surface area contributed by atoms with E-state index in [0.29, 0.717) is 17.3 Å². The molecule has 0 saturated heterocycles. The Morgan fingerprint density at radius 2 is 2.11 bits per heavy atom. The van der Waals surface area contributed by atoms with Crippen molar-refractivity contribution in [1.82, 2.24) is 35.6 Å². The number of benzene rings is 1. The molecule has 1 aromatic carbocycles. The van der Waals surface area contributed by atoms with Gasteiger partial charge in [0.1, 0.15) is 0 Å². The highest BCUT2D eigenvalue weighted by atomic mass is 35.5. The van der Waals surface area contributed by atoms with Gasteiger partial charge in [0, 0.05) is 11.6 Å². The summed E-state index contributed by atoms with van der Waals surface area (Å²) in [5.74, 6) is -0.339. The van der Waals surface area contributed by atoms with Gasteiger partial charge in [0.15, 0.2) is 5.69 Å². The van der Waals surface area contributed by atoms with Crippen molar-refractivity contribution in [3.8, 4) is 5.82 Å². The predicted molar refractivity (Wildman–Crippen MR) is 97.5 cm³/mol. The molecule has 0 fully saturated rings. The van der Waals surface area contributed by atoms with Crippen LogP contribution in [0.5, 0.6) is 0 Å². The third-order valence-electron chi connectivity index (χ3n) is 3.39. The summed E-state index contributed by atoms with van der Waals surface area (Å²) >= 11 is 5.83. The van der Waals surface area contributed by atoms with Gasteiger partial charge in [0.2, 0.25) is 11.6 Å². The molecule has 27 heavy (non-hydrogen) atoms. The Hall–Kier alpha value is -3.31. The van der Waals surface area contributed by atoms with Crippen molar-refractivity contribution in [1.29, 1.82) is 0 Å². The predicted octanol–water partition coefficient (Wildman–Crippen LogP) is 0.711. The molecule has 140 valence electrons. The Balaban J connectivity index is 1.82. The molecule has 0 atom stereocenters. The summed E-state index contributed by atoms with van der Waals surface area (Å²) in [6.45, 7) is 0.350. The number of carbonyl (C=O) groups excluding carboxylic acids is 1. The van der Waals surface area contributed by atoms with Crippen LogP contribution < -0.4 is 11.2 Å². The first kappa shape index (κ1) is 18.5. The molecule has 0 aliphatic carbocycles. The van der Waals surface area contributed by atoms with Gasteiger partial charge in [0.25, 0.3) is 5.91 Å². The van der Waals surface area contributed by atoms with E-state index in [1.807, 2.05) is 19.0 Å². The van der Waals surface area contributed by atoms with E-state index in [1.165, 1.54) is 10.9 Å². The fourth-order valence-electron chi connectivity index (χ4n) is 2.19. The smallest absolute Gasteiger partial charge is 0.293 e. The molecule has 3 aromatic rings. The van der Waals surface area contributed by atoms with Crippen LogP contribution in [0.15, 0.2) is 34.0 Å². The maximum Gasteiger partial charge on any atom is 0.293 e. The maximum atomic E-state index is 12.5. The number of carbonyl (C=O) groups is 1. The van der Waals surface area contributed by atoms with Crippen molar-refractivity contribution >= 4 is 29.5 Å². The number of nitrogens with zero attached hydrogens (tertiary/aromatic N) is 7. The molecule has 0 aliphatic heterocycles. The number of amides is 1. The zero-order valence-electron chi connectivity index (χ0n) is 14.5. The Morgan fingerprint density at radius 1 is 1.37 bits per heavy atom. The summed E-state index contributed by atoms with van der Waals surface area (Å²) in [5.41, 5.74) is 9.45. The summed E-state index contributed by atoms with van der Waals surface area (Å²) in [7, 11) is 3.67. The van der Waals surface area contributed by atoms with Crippen LogP contribution in [0, 0.1) is 0 Å². The lowest BCUT2D eigenvalue weighted by molar-refractivity contribution is 0.0948. The normalized spacial score (nSPS) is 11.4. The summed E-state index contributed by atoms with van der Waals surface area (Å²) in [6.07, 6.45) is 1.49. The van der Waals surface area contributed by atoms with Gasteiger partial charge in [-0.3, -0.25) is 4.79 Å². The molecule has 1 amide bonds. The topological polar surface area (TPSA) is 140 Å². The van der Waals surface area contributed by atoms with Gasteiger partial charge in [-0.05, 0) is 42.1 Å². The standard InChI is InChI=1S/C15H16ClN9O2/c1-24(2)8-11-12(19-23-25(11)14-13(17)21-27-22-14)15(26)20-18-7-9-3-5-10(16)6-4-9/h3-7H,8H2,1-2H3,(H2,17,21)(H,20,26). The van der Waals surface area contributed by atoms with Crippen molar-refractivity contribution in [3.63, 3.8) is 0 Å². The number of hydrogen-bond donors (Lipinski definition) is 2. The summed E-state index contributed by atoms with van der Waals surface area (Å²) < 4.78 is 5.90. The minimum absolute atomic E-state index is 0.0348. The second-order valence-corrected chi connectivity index (χ2v) is 6.19. The SMILES string of the molecule is CN(C)Cc1c(C(=O)NN=Cc2ccc(Cl)cc2)nnn1-c1nonc1N. The minimum Gasteiger partial charge on any atom is -0.378 e. The minimum atomic E-state index is -0.529. The molecular formula is C15H16ClN9O2. The highest BCUT2D eigenvalue weighted by molar-refractivity contribution is 6.30. The third kappa shape index (κ3) is 4.27. The van der Waals surface area contributed by atoms with Crippen LogP contribution in [-0.4, -0.2) is 56.4 Å². The number of aromatic nitrogens is 5. The Kier molecular flexibility index (Phi) is 5.43. The van der Waals surface area contributed by atoms with Gasteiger partial charge in [-0.1, -0.05) is 28.9 Å². The Labute approximate surface area is 158 Å². The molecule has 0 radical (unpaired) electrons. The van der Waals surface area contributed by atoms with E-state index >= 15 is 0 Å². The molecule has 3 rings (SSSR count). The van der Waals surface area contributed by atoms with Gasteiger partial charge in [0.05, 0.1) is 11.9 Å². The van der Waals surface area contributed by atoms with Crippen molar-refractivity contribution in [3.05, 3.63) is 46.2 Å². The molecule has 2 heterocycles. The average molecular weight is 390 g/mol. The first-order valence-corrected chi connectivity index (χ1v) is 8.10. The van der Waals surface area contributed by atoms with Gasteiger partial charge in [-0.25, -0.2) is 10.1 Å². The maximum absolute atomic E-state index is 12.5. The summed E-state index contributed by atoms with van der Waals surface area (Å²) in [4.78, 5) is 14.3. The fourth-order valence-corrected chi connectivity index (χ4v) is 2.32. The highest BCUT2D eigenvalue weighted by Crippen LogP contribution is 2.16. The number of anilines is 1. The van der Waals surface area contributed by atoms with Crippen LogP contribution in [0.25, 0.3) is 5.82 Å². The van der Waals surface area contributed by atoms with E-state index in [2.05, 4.69) is 35.8 Å². The van der Waals surface area contributed by atoms with Crippen LogP contribution in [-0.2, 0) is 6.54 Å². The van der Waals surface area contributed by atoms with E-state index in [-0.39, 0.29) is 17.3 Å². The first-order chi connectivity index (χ1) is 13.0. The number of nitrogens with one attached hydrogen (secondary N) is 1. The monoisotopic (exact) mass is 389 g/mol. The van der Waals surface area contributed by atoms with Crippen LogP contribution in [0.2, 0.25) is 5.02 Å². The zero-order valence-corrected chi connectivity index (χ0v) is 15.3. The number of halogens is 1. The molecule has 0 bridgehead atoms. The third-order valence-corrected chi connectivity index (χ3v) is 3.64. The number of hydrazone groups is 1. The molecule has 3 N–H and O–H groups in total. The zero-order chi connectivity index (χ0) is 19.4. The van der Waals surface area contributed by atoms with Crippen LogP contribution in [0.3, 0.4) is 0 Å². The lowest BCUT2D eigenvalue weighted by Gasteiger charge is -2.11. The molecule has 0 spiro atoms. The van der Waals surface area contributed by atoms with Crippen molar-refractivity contribution in [2.45, 2.75) is 6.54 Å². The van der Waals surface area contributed by atoms with Gasteiger partial charge in [-0.15, -0.1) is 5.10 Å². The van der Waals surface area contributed by atoms with Crippen LogP contribution in [0.4, 0.5) is 5.82 Å². The largest absolute Gasteiger partial charge is 0.378 e. The lowest BCUT2D eigenvalue weighted by Crippen LogP contribution is -2.23. The second kappa shape index (κ2) is 7.93. The van der Waals surface area contributed by atoms with Gasteiger partial charge >= 0.3 is 0 Å². The molecule has 0 saturated carbocycles. The Morgan fingerprint density at radius 3 is 2.74 bits per heavy atom. The quantitative estimate of drug-likeness (QED) is 0.464. The van der Waals surface area contributed by atoms with Gasteiger partial charge in [-0.2, -0.15) is 9.78 Å². The Bertz CT molecular complexity index is 962. The second-order valence-electron chi connectivity index (χ2n) is 5.76. The first-order valence-electron chi connectivity index (χ1n) is 7.72. The van der Waals surface area contributed by atoms with Gasteiger partial charge < -0.3 is 10.6 Å². The number of nitrogen functional groups attached to an aromatic ring is 1. The number of rotatable bonds is 6. The lowest BCUT2D eigenvalue weighted by atomic mass is 10.2. The average Bonchev–Trinajstić information content (AvgIpc) is 3.22. The molecule has 11 nitrogen and oxygen atoms in total. The van der Waals surface area contributed by atoms with E-state index in [0.717, 1.165) is 5.56 Å². The summed E-state index contributed by atoms with van der Waals surface area (Å²) in [6, 6.07) is 6.99. The van der Waals surface area contributed by atoms with Crippen molar-refractivity contribution < 1.29 is 9.42 Å². The van der Waals surface area contributed by atoms with Crippen molar-refractivity contribution in [2.75, 3.05) is 19.8 Å². The number of nitrogens with two attached hydrogens (primary N) is 1. The van der Waals surface area contributed by atoms with E-state index < -0.39 is 5.91 Å². The van der Waals surface area contributed by atoms with Crippen LogP contribution >= 0.6 is 11.6 Å². The fraction of sp³-hybridized carbons (Fsp3) is 0.200. The molecule has 2 aromatic heterocycles.